The second kappa shape index (κ2) is 5.28. The number of aromatic nitrogens is 4. The Morgan fingerprint density at radius 2 is 2.29 bits per heavy atom. The normalized spacial score (nSPS) is 10.9. The summed E-state index contributed by atoms with van der Waals surface area (Å²) in [5.41, 5.74) is 6.42. The van der Waals surface area contributed by atoms with Gasteiger partial charge in [-0.05, 0) is 24.6 Å². The summed E-state index contributed by atoms with van der Waals surface area (Å²) in [5, 5.41) is 4.59. The van der Waals surface area contributed by atoms with Crippen LogP contribution in [0.5, 0.6) is 11.8 Å². The first-order chi connectivity index (χ1) is 10.2. The van der Waals surface area contributed by atoms with Gasteiger partial charge in [-0.25, -0.2) is 0 Å². The fourth-order valence-electron chi connectivity index (χ4n) is 2.04. The number of ether oxygens (including phenoxy) is 1. The maximum Gasteiger partial charge on any atom is 0.302 e. The molecule has 0 saturated carbocycles. The highest BCUT2D eigenvalue weighted by molar-refractivity contribution is 5.81. The average molecular weight is 285 g/mol. The summed E-state index contributed by atoms with van der Waals surface area (Å²) in [6.07, 6.45) is 4.33. The molecule has 3 rings (SSSR count). The first kappa shape index (κ1) is 13.2. The number of rotatable bonds is 4. The van der Waals surface area contributed by atoms with E-state index in [0.717, 1.165) is 13.0 Å². The lowest BCUT2D eigenvalue weighted by Crippen LogP contribution is -2.09. The van der Waals surface area contributed by atoms with Crippen LogP contribution in [0.2, 0.25) is 0 Å². The number of anilines is 1. The molecule has 1 aromatic carbocycles. The number of aryl methyl sites for hydroxylation is 1. The topological polar surface area (TPSA) is 98.8 Å². The van der Waals surface area contributed by atoms with Crippen LogP contribution >= 0.6 is 0 Å². The van der Waals surface area contributed by atoms with Gasteiger partial charge in [-0.1, -0.05) is 6.92 Å². The van der Waals surface area contributed by atoms with E-state index in [0.29, 0.717) is 22.3 Å². The predicted octanol–water partition coefficient (Wildman–Crippen LogP) is 1.90. The summed E-state index contributed by atoms with van der Waals surface area (Å²) in [6.45, 7) is 2.88. The van der Waals surface area contributed by atoms with E-state index in [9.17, 15) is 4.79 Å². The van der Waals surface area contributed by atoms with E-state index in [-0.39, 0.29) is 11.6 Å². The van der Waals surface area contributed by atoms with Crippen molar-refractivity contribution in [3.05, 3.63) is 40.9 Å². The predicted molar refractivity (Wildman–Crippen MR) is 79.4 cm³/mol. The molecule has 0 bridgehead atoms. The molecule has 2 aromatic heterocycles. The third-order valence-electron chi connectivity index (χ3n) is 2.98. The monoisotopic (exact) mass is 285 g/mol. The van der Waals surface area contributed by atoms with Gasteiger partial charge in [0.1, 0.15) is 0 Å². The van der Waals surface area contributed by atoms with Crippen LogP contribution in [-0.2, 0) is 6.54 Å². The maximum atomic E-state index is 12.0. The molecule has 21 heavy (non-hydrogen) atoms. The van der Waals surface area contributed by atoms with Gasteiger partial charge in [-0.15, -0.1) is 0 Å². The molecule has 0 spiro atoms. The third-order valence-corrected chi connectivity index (χ3v) is 2.98. The molecule has 0 aliphatic heterocycles. The van der Waals surface area contributed by atoms with Gasteiger partial charge < -0.3 is 10.5 Å². The number of nitrogens with two attached hydrogens (primary N) is 1. The minimum absolute atomic E-state index is 0.133. The summed E-state index contributed by atoms with van der Waals surface area (Å²) in [6, 6.07) is 5.10. The van der Waals surface area contributed by atoms with Crippen molar-refractivity contribution in [1.82, 2.24) is 19.7 Å². The van der Waals surface area contributed by atoms with Crippen molar-refractivity contribution in [2.24, 2.45) is 0 Å². The van der Waals surface area contributed by atoms with Gasteiger partial charge in [0.05, 0.1) is 23.3 Å². The van der Waals surface area contributed by atoms with Crippen molar-refractivity contribution in [2.45, 2.75) is 19.9 Å². The number of nitrogens with one attached hydrogen (secondary N) is 1. The molecule has 108 valence electrons. The molecule has 0 saturated heterocycles. The molecule has 0 fully saturated rings. The van der Waals surface area contributed by atoms with E-state index in [1.807, 2.05) is 0 Å². The van der Waals surface area contributed by atoms with Crippen molar-refractivity contribution in [2.75, 3.05) is 5.73 Å². The van der Waals surface area contributed by atoms with Crippen LogP contribution in [0.4, 0.5) is 5.69 Å². The SMILES string of the molecule is CCCn1cc(Oc2nc3ccc(N)cc3c(=O)[nH]2)cn1. The molecule has 3 N–H and O–H groups in total. The van der Waals surface area contributed by atoms with E-state index in [4.69, 9.17) is 10.5 Å². The Morgan fingerprint density at radius 3 is 3.10 bits per heavy atom. The van der Waals surface area contributed by atoms with Crippen LogP contribution in [-0.4, -0.2) is 19.7 Å². The van der Waals surface area contributed by atoms with Crippen LogP contribution in [0.1, 0.15) is 13.3 Å². The lowest BCUT2D eigenvalue weighted by Gasteiger charge is -2.03. The van der Waals surface area contributed by atoms with Gasteiger partial charge in [-0.2, -0.15) is 10.1 Å². The van der Waals surface area contributed by atoms with E-state index in [1.165, 1.54) is 0 Å². The van der Waals surface area contributed by atoms with Gasteiger partial charge in [0.25, 0.3) is 5.56 Å². The minimum Gasteiger partial charge on any atom is -0.422 e. The van der Waals surface area contributed by atoms with E-state index in [2.05, 4.69) is 22.0 Å². The van der Waals surface area contributed by atoms with Gasteiger partial charge in [-0.3, -0.25) is 14.5 Å². The Balaban J connectivity index is 1.93. The summed E-state index contributed by atoms with van der Waals surface area (Å²) in [5.74, 6) is 0.529. The fraction of sp³-hybridized carbons (Fsp3) is 0.214. The van der Waals surface area contributed by atoms with Crippen LogP contribution in [0, 0.1) is 0 Å². The van der Waals surface area contributed by atoms with Gasteiger partial charge >= 0.3 is 6.01 Å². The Morgan fingerprint density at radius 1 is 1.43 bits per heavy atom. The fourth-order valence-corrected chi connectivity index (χ4v) is 2.04. The Bertz CT molecular complexity index is 837. The molecule has 7 heteroatoms. The highest BCUT2D eigenvalue weighted by Gasteiger charge is 2.07. The molecule has 2 heterocycles. The summed E-state index contributed by atoms with van der Waals surface area (Å²) in [7, 11) is 0. The number of hydrogen-bond acceptors (Lipinski definition) is 5. The first-order valence-electron chi connectivity index (χ1n) is 6.65. The van der Waals surface area contributed by atoms with Gasteiger partial charge in [0.2, 0.25) is 0 Å². The lowest BCUT2D eigenvalue weighted by molar-refractivity contribution is 0.441. The van der Waals surface area contributed by atoms with E-state index in [1.54, 1.807) is 35.3 Å². The molecule has 7 nitrogen and oxygen atoms in total. The molecule has 3 aromatic rings. The van der Waals surface area contributed by atoms with Crippen molar-refractivity contribution < 1.29 is 4.74 Å². The number of H-pyrrole nitrogens is 1. The van der Waals surface area contributed by atoms with E-state index >= 15 is 0 Å². The molecule has 0 radical (unpaired) electrons. The quantitative estimate of drug-likeness (QED) is 0.713. The average Bonchev–Trinajstić information content (AvgIpc) is 2.87. The number of nitrogen functional groups attached to an aromatic ring is 1. The molecule has 0 unspecified atom stereocenters. The number of benzene rings is 1. The lowest BCUT2D eigenvalue weighted by atomic mass is 10.2. The zero-order valence-corrected chi connectivity index (χ0v) is 11.5. The smallest absolute Gasteiger partial charge is 0.302 e. The summed E-state index contributed by atoms with van der Waals surface area (Å²) >= 11 is 0. The summed E-state index contributed by atoms with van der Waals surface area (Å²) in [4.78, 5) is 18.8. The number of nitrogens with zero attached hydrogens (tertiary/aromatic N) is 3. The Hall–Kier alpha value is -2.83. The number of aromatic amines is 1. The largest absolute Gasteiger partial charge is 0.422 e. The first-order valence-corrected chi connectivity index (χ1v) is 6.65. The highest BCUT2D eigenvalue weighted by Crippen LogP contribution is 2.18. The second-order valence-electron chi connectivity index (χ2n) is 4.69. The van der Waals surface area contributed by atoms with Crippen molar-refractivity contribution in [1.29, 1.82) is 0 Å². The van der Waals surface area contributed by atoms with E-state index < -0.39 is 0 Å². The second-order valence-corrected chi connectivity index (χ2v) is 4.69. The van der Waals surface area contributed by atoms with Crippen molar-refractivity contribution in [3.63, 3.8) is 0 Å². The van der Waals surface area contributed by atoms with Crippen LogP contribution in [0.3, 0.4) is 0 Å². The standard InChI is InChI=1S/C14H15N5O2/c1-2-5-19-8-10(7-16-19)21-14-17-12-4-3-9(15)6-11(12)13(20)18-14/h3-4,6-8H,2,5,15H2,1H3,(H,17,18,20). The molecule has 0 atom stereocenters. The molecular formula is C14H15N5O2. The Kier molecular flexibility index (Phi) is 3.31. The summed E-state index contributed by atoms with van der Waals surface area (Å²) < 4.78 is 7.32. The van der Waals surface area contributed by atoms with Crippen LogP contribution < -0.4 is 16.0 Å². The van der Waals surface area contributed by atoms with Crippen LogP contribution in [0.25, 0.3) is 10.9 Å². The third kappa shape index (κ3) is 2.71. The van der Waals surface area contributed by atoms with Crippen molar-refractivity contribution in [3.8, 4) is 11.8 Å². The molecular weight excluding hydrogens is 270 g/mol. The zero-order chi connectivity index (χ0) is 14.8. The van der Waals surface area contributed by atoms with Crippen LogP contribution in [0.15, 0.2) is 35.4 Å². The maximum absolute atomic E-state index is 12.0. The van der Waals surface area contributed by atoms with Gasteiger partial charge in [0.15, 0.2) is 5.75 Å². The highest BCUT2D eigenvalue weighted by atomic mass is 16.5. The minimum atomic E-state index is -0.289. The van der Waals surface area contributed by atoms with Crippen molar-refractivity contribution >= 4 is 16.6 Å². The Labute approximate surface area is 120 Å². The molecule has 0 aliphatic rings. The number of fused-ring (bicyclic) bond motifs is 1. The molecule has 0 aliphatic carbocycles. The number of hydrogen-bond donors (Lipinski definition) is 2. The zero-order valence-electron chi connectivity index (χ0n) is 11.5. The molecule has 0 amide bonds. The van der Waals surface area contributed by atoms with Gasteiger partial charge in [0, 0.05) is 12.2 Å².